The van der Waals surface area contributed by atoms with Gasteiger partial charge in [-0.05, 0) is 49.5 Å². The molecule has 116 valence electrons. The van der Waals surface area contributed by atoms with E-state index >= 15 is 0 Å². The first-order chi connectivity index (χ1) is 9.66. The lowest BCUT2D eigenvalue weighted by atomic mass is 9.87. The van der Waals surface area contributed by atoms with E-state index in [2.05, 4.69) is 23.2 Å². The minimum atomic E-state index is 0. The highest BCUT2D eigenvalue weighted by atomic mass is 35.5. The van der Waals surface area contributed by atoms with E-state index < -0.39 is 0 Å². The number of halogens is 2. The molecule has 1 N–H and O–H groups in total. The molecule has 3 rings (SSSR count). The van der Waals surface area contributed by atoms with Crippen LogP contribution in [0.3, 0.4) is 0 Å². The SMILES string of the molecule is CC(C(=O)N1CCCC1c1cccc(Cl)c1)C1CNC1.Cl. The third kappa shape index (κ3) is 3.36. The molecule has 2 aliphatic heterocycles. The van der Waals surface area contributed by atoms with E-state index in [0.717, 1.165) is 37.5 Å². The monoisotopic (exact) mass is 328 g/mol. The van der Waals surface area contributed by atoms with E-state index in [-0.39, 0.29) is 24.4 Å². The lowest BCUT2D eigenvalue weighted by molar-refractivity contribution is -0.138. The number of carbonyl (C=O) groups excluding carboxylic acids is 1. The van der Waals surface area contributed by atoms with E-state index in [1.54, 1.807) is 0 Å². The third-order valence-electron chi connectivity index (χ3n) is 4.68. The van der Waals surface area contributed by atoms with E-state index in [9.17, 15) is 4.79 Å². The van der Waals surface area contributed by atoms with Gasteiger partial charge in [0.25, 0.3) is 0 Å². The summed E-state index contributed by atoms with van der Waals surface area (Å²) in [5.74, 6) is 0.929. The molecule has 0 aliphatic carbocycles. The molecule has 2 heterocycles. The molecule has 5 heteroatoms. The fourth-order valence-electron chi connectivity index (χ4n) is 3.22. The van der Waals surface area contributed by atoms with Crippen molar-refractivity contribution >= 4 is 29.9 Å². The third-order valence-corrected chi connectivity index (χ3v) is 4.91. The van der Waals surface area contributed by atoms with Gasteiger partial charge in [0.05, 0.1) is 6.04 Å². The van der Waals surface area contributed by atoms with Crippen LogP contribution in [0.4, 0.5) is 0 Å². The van der Waals surface area contributed by atoms with Gasteiger partial charge in [0.1, 0.15) is 0 Å². The largest absolute Gasteiger partial charge is 0.335 e. The number of nitrogens with one attached hydrogen (secondary N) is 1. The van der Waals surface area contributed by atoms with Gasteiger partial charge in [0.2, 0.25) is 5.91 Å². The normalized spacial score (nSPS) is 23.3. The van der Waals surface area contributed by atoms with E-state index in [1.165, 1.54) is 5.56 Å². The molecule has 3 nitrogen and oxygen atoms in total. The molecule has 2 saturated heterocycles. The predicted molar refractivity (Wildman–Crippen MR) is 87.9 cm³/mol. The Hall–Kier alpha value is -0.770. The zero-order valence-electron chi connectivity index (χ0n) is 12.2. The summed E-state index contributed by atoms with van der Waals surface area (Å²) >= 11 is 6.08. The van der Waals surface area contributed by atoms with Gasteiger partial charge in [-0.1, -0.05) is 30.7 Å². The second-order valence-corrected chi connectivity index (χ2v) is 6.39. The van der Waals surface area contributed by atoms with Crippen LogP contribution in [0.5, 0.6) is 0 Å². The van der Waals surface area contributed by atoms with Crippen LogP contribution in [-0.4, -0.2) is 30.4 Å². The molecule has 2 fully saturated rings. The number of amides is 1. The molecule has 0 saturated carbocycles. The maximum Gasteiger partial charge on any atom is 0.226 e. The highest BCUT2D eigenvalue weighted by molar-refractivity contribution is 6.30. The fraction of sp³-hybridized carbons (Fsp3) is 0.562. The van der Waals surface area contributed by atoms with Crippen molar-refractivity contribution in [1.82, 2.24) is 10.2 Å². The number of benzene rings is 1. The first-order valence-corrected chi connectivity index (χ1v) is 7.81. The molecular formula is C16H22Cl2N2O. The first kappa shape index (κ1) is 16.6. The van der Waals surface area contributed by atoms with Gasteiger partial charge < -0.3 is 10.2 Å². The van der Waals surface area contributed by atoms with Gasteiger partial charge in [0, 0.05) is 17.5 Å². The van der Waals surface area contributed by atoms with Crippen LogP contribution in [0.1, 0.15) is 31.4 Å². The van der Waals surface area contributed by atoms with Crippen molar-refractivity contribution in [3.8, 4) is 0 Å². The Labute approximate surface area is 137 Å². The first-order valence-electron chi connectivity index (χ1n) is 7.43. The van der Waals surface area contributed by atoms with Crippen molar-refractivity contribution in [2.75, 3.05) is 19.6 Å². The van der Waals surface area contributed by atoms with Crippen molar-refractivity contribution in [2.24, 2.45) is 11.8 Å². The summed E-state index contributed by atoms with van der Waals surface area (Å²) in [6.45, 7) is 4.90. The Bertz CT molecular complexity index is 505. The number of rotatable bonds is 3. The van der Waals surface area contributed by atoms with E-state index in [1.807, 2.05) is 18.2 Å². The van der Waals surface area contributed by atoms with Gasteiger partial charge in [-0.25, -0.2) is 0 Å². The average molecular weight is 329 g/mol. The summed E-state index contributed by atoms with van der Waals surface area (Å²) in [5, 5.41) is 4.00. The Morgan fingerprint density at radius 1 is 1.43 bits per heavy atom. The number of nitrogens with zero attached hydrogens (tertiary/aromatic N) is 1. The van der Waals surface area contributed by atoms with Crippen molar-refractivity contribution in [3.63, 3.8) is 0 Å². The van der Waals surface area contributed by atoms with Crippen LogP contribution in [-0.2, 0) is 4.79 Å². The fourth-order valence-corrected chi connectivity index (χ4v) is 3.42. The minimum Gasteiger partial charge on any atom is -0.335 e. The molecule has 1 amide bonds. The van der Waals surface area contributed by atoms with Crippen LogP contribution in [0, 0.1) is 11.8 Å². The summed E-state index contributed by atoms with van der Waals surface area (Å²) in [6.07, 6.45) is 2.13. The van der Waals surface area contributed by atoms with E-state index in [4.69, 9.17) is 11.6 Å². The van der Waals surface area contributed by atoms with Gasteiger partial charge >= 0.3 is 0 Å². The van der Waals surface area contributed by atoms with Gasteiger partial charge in [-0.15, -0.1) is 12.4 Å². The number of likely N-dealkylation sites (tertiary alicyclic amines) is 1. The van der Waals surface area contributed by atoms with Crippen molar-refractivity contribution in [3.05, 3.63) is 34.9 Å². The number of hydrogen-bond donors (Lipinski definition) is 1. The van der Waals surface area contributed by atoms with Crippen LogP contribution in [0.15, 0.2) is 24.3 Å². The summed E-state index contributed by atoms with van der Waals surface area (Å²) in [6, 6.07) is 8.13. The summed E-state index contributed by atoms with van der Waals surface area (Å²) in [7, 11) is 0. The Kier molecular flexibility index (Phi) is 5.53. The van der Waals surface area contributed by atoms with Crippen molar-refractivity contribution in [2.45, 2.75) is 25.8 Å². The van der Waals surface area contributed by atoms with Gasteiger partial charge in [-0.3, -0.25) is 4.79 Å². The highest BCUT2D eigenvalue weighted by Gasteiger charge is 2.36. The number of carbonyl (C=O) groups is 1. The maximum absolute atomic E-state index is 12.7. The molecule has 0 aromatic heterocycles. The lowest BCUT2D eigenvalue weighted by Crippen LogP contribution is -2.50. The minimum absolute atomic E-state index is 0. The molecule has 0 bridgehead atoms. The highest BCUT2D eigenvalue weighted by Crippen LogP contribution is 2.35. The smallest absolute Gasteiger partial charge is 0.226 e. The molecule has 0 radical (unpaired) electrons. The zero-order valence-corrected chi connectivity index (χ0v) is 13.8. The zero-order chi connectivity index (χ0) is 14.1. The Balaban J connectivity index is 0.00000161. The summed E-state index contributed by atoms with van der Waals surface area (Å²) in [4.78, 5) is 14.8. The van der Waals surface area contributed by atoms with Crippen LogP contribution in [0.25, 0.3) is 0 Å². The molecule has 2 atom stereocenters. The second-order valence-electron chi connectivity index (χ2n) is 5.95. The molecule has 1 aromatic rings. The molecule has 2 aliphatic rings. The number of hydrogen-bond acceptors (Lipinski definition) is 2. The van der Waals surface area contributed by atoms with Crippen LogP contribution in [0.2, 0.25) is 5.02 Å². The van der Waals surface area contributed by atoms with Crippen molar-refractivity contribution in [1.29, 1.82) is 0 Å². The topological polar surface area (TPSA) is 32.3 Å². The Morgan fingerprint density at radius 2 is 2.19 bits per heavy atom. The molecular weight excluding hydrogens is 307 g/mol. The Morgan fingerprint density at radius 3 is 2.81 bits per heavy atom. The standard InChI is InChI=1S/C16H21ClN2O.ClH/c1-11(13-9-18-10-13)16(20)19-7-3-6-15(19)12-4-2-5-14(17)8-12;/h2,4-5,8,11,13,15,18H,3,6-7,9-10H2,1H3;1H. The molecule has 0 spiro atoms. The van der Waals surface area contributed by atoms with Crippen LogP contribution < -0.4 is 5.32 Å². The quantitative estimate of drug-likeness (QED) is 0.923. The van der Waals surface area contributed by atoms with Gasteiger partial charge in [-0.2, -0.15) is 0 Å². The van der Waals surface area contributed by atoms with E-state index in [0.29, 0.717) is 11.8 Å². The molecule has 21 heavy (non-hydrogen) atoms. The van der Waals surface area contributed by atoms with Crippen molar-refractivity contribution < 1.29 is 4.79 Å². The average Bonchev–Trinajstić information content (AvgIpc) is 2.84. The summed E-state index contributed by atoms with van der Waals surface area (Å²) < 4.78 is 0. The maximum atomic E-state index is 12.7. The van der Waals surface area contributed by atoms with Gasteiger partial charge in [0.15, 0.2) is 0 Å². The second kappa shape index (κ2) is 6.99. The molecule has 1 aromatic carbocycles. The predicted octanol–water partition coefficient (Wildman–Crippen LogP) is 3.28. The molecule has 2 unspecified atom stereocenters. The summed E-state index contributed by atoms with van der Waals surface area (Å²) in [5.41, 5.74) is 1.17. The van der Waals surface area contributed by atoms with Crippen LogP contribution >= 0.6 is 24.0 Å². The lowest BCUT2D eigenvalue weighted by Gasteiger charge is -2.35.